The van der Waals surface area contributed by atoms with E-state index in [4.69, 9.17) is 4.52 Å². The van der Waals surface area contributed by atoms with E-state index in [1.165, 1.54) is 5.56 Å². The van der Waals surface area contributed by atoms with Gasteiger partial charge in [-0.05, 0) is 37.3 Å². The molecule has 0 unspecified atom stereocenters. The molecule has 0 atom stereocenters. The maximum absolute atomic E-state index is 5.28. The van der Waals surface area contributed by atoms with Crippen molar-refractivity contribution in [3.05, 3.63) is 39.7 Å². The summed E-state index contributed by atoms with van der Waals surface area (Å²) in [5.41, 5.74) is 4.39. The topological polar surface area (TPSA) is 67.6 Å². The highest BCUT2D eigenvalue weighted by atomic mass is 32.1. The number of aryl methyl sites for hydroxylation is 3. The lowest BCUT2D eigenvalue weighted by Gasteiger charge is -1.97. The first-order valence-corrected chi connectivity index (χ1v) is 7.04. The third-order valence-electron chi connectivity index (χ3n) is 3.12. The molecule has 0 saturated heterocycles. The molecule has 5 nitrogen and oxygen atoms in total. The fourth-order valence-electron chi connectivity index (χ4n) is 2.04. The summed E-state index contributed by atoms with van der Waals surface area (Å²) in [5, 5.41) is 15.2. The predicted molar refractivity (Wildman–Crippen MR) is 73.1 cm³/mol. The molecule has 0 spiro atoms. The molecule has 0 aromatic carbocycles. The van der Waals surface area contributed by atoms with Crippen LogP contribution in [0.1, 0.15) is 22.8 Å². The second kappa shape index (κ2) is 4.97. The molecule has 0 fully saturated rings. The number of hydrogen-bond donors (Lipinski definition) is 1. The van der Waals surface area contributed by atoms with Crippen LogP contribution >= 0.6 is 11.3 Å². The van der Waals surface area contributed by atoms with Gasteiger partial charge in [0.15, 0.2) is 0 Å². The van der Waals surface area contributed by atoms with Crippen LogP contribution < -0.4 is 0 Å². The van der Waals surface area contributed by atoms with Crippen LogP contribution in [0, 0.1) is 13.8 Å². The molecule has 6 heteroatoms. The minimum absolute atomic E-state index is 0.664. The number of H-pyrrole nitrogens is 1. The van der Waals surface area contributed by atoms with Gasteiger partial charge in [-0.25, -0.2) is 0 Å². The van der Waals surface area contributed by atoms with Crippen LogP contribution in [0.3, 0.4) is 0 Å². The molecule has 1 N–H and O–H groups in total. The molecule has 0 aliphatic carbocycles. The molecule has 3 aromatic heterocycles. The summed E-state index contributed by atoms with van der Waals surface area (Å²) in [6, 6.07) is 1.99. The van der Waals surface area contributed by atoms with Crippen LogP contribution in [-0.2, 0) is 12.8 Å². The van der Waals surface area contributed by atoms with E-state index in [2.05, 4.69) is 20.3 Å². The van der Waals surface area contributed by atoms with E-state index in [-0.39, 0.29) is 0 Å². The van der Waals surface area contributed by atoms with E-state index in [1.54, 1.807) is 11.3 Å². The molecule has 0 aliphatic heterocycles. The predicted octanol–water partition coefficient (Wildman–Crippen LogP) is 2.92. The molecule has 0 radical (unpaired) electrons. The van der Waals surface area contributed by atoms with Crippen molar-refractivity contribution in [3.8, 4) is 11.4 Å². The Morgan fingerprint density at radius 2 is 2.21 bits per heavy atom. The van der Waals surface area contributed by atoms with Crippen molar-refractivity contribution in [2.45, 2.75) is 26.7 Å². The molecule has 0 bridgehead atoms. The molecule has 3 aromatic rings. The Balaban J connectivity index is 1.71. The Hall–Kier alpha value is -1.95. The fourth-order valence-corrected chi connectivity index (χ4v) is 2.67. The first-order chi connectivity index (χ1) is 9.24. The number of aromatic amines is 1. The van der Waals surface area contributed by atoms with E-state index in [9.17, 15) is 0 Å². The van der Waals surface area contributed by atoms with Crippen molar-refractivity contribution in [2.75, 3.05) is 0 Å². The maximum Gasteiger partial charge on any atom is 0.227 e. The van der Waals surface area contributed by atoms with Crippen molar-refractivity contribution < 1.29 is 4.52 Å². The second-order valence-electron chi connectivity index (χ2n) is 4.44. The van der Waals surface area contributed by atoms with Gasteiger partial charge in [0.25, 0.3) is 0 Å². The number of nitrogens with one attached hydrogen (secondary N) is 1. The third-order valence-corrected chi connectivity index (χ3v) is 3.80. The Kier molecular flexibility index (Phi) is 3.16. The standard InChI is InChI=1S/C13H14N4OS/c1-8-11(9(2)16-15-8)3-4-12-14-13(17-18-12)10-5-6-19-7-10/h5-7H,3-4H2,1-2H3,(H,15,16). The first kappa shape index (κ1) is 12.1. The van der Waals surface area contributed by atoms with Crippen LogP contribution in [0.5, 0.6) is 0 Å². The number of aromatic nitrogens is 4. The minimum Gasteiger partial charge on any atom is -0.339 e. The van der Waals surface area contributed by atoms with Crippen molar-refractivity contribution in [3.63, 3.8) is 0 Å². The summed E-state index contributed by atoms with van der Waals surface area (Å²) in [6.45, 7) is 4.03. The molecule has 0 amide bonds. The van der Waals surface area contributed by atoms with Gasteiger partial charge in [-0.2, -0.15) is 21.4 Å². The zero-order chi connectivity index (χ0) is 13.2. The lowest BCUT2D eigenvalue weighted by atomic mass is 10.1. The lowest BCUT2D eigenvalue weighted by molar-refractivity contribution is 0.379. The van der Waals surface area contributed by atoms with E-state index in [0.717, 1.165) is 29.8 Å². The number of thiophene rings is 1. The third kappa shape index (κ3) is 2.44. The Morgan fingerprint density at radius 1 is 1.32 bits per heavy atom. The van der Waals surface area contributed by atoms with E-state index in [1.807, 2.05) is 30.7 Å². The average Bonchev–Trinajstić information content (AvgIpc) is 3.10. The second-order valence-corrected chi connectivity index (χ2v) is 5.22. The zero-order valence-electron chi connectivity index (χ0n) is 10.8. The van der Waals surface area contributed by atoms with E-state index >= 15 is 0 Å². The highest BCUT2D eigenvalue weighted by molar-refractivity contribution is 7.08. The number of nitrogens with zero attached hydrogens (tertiary/aromatic N) is 3. The normalized spacial score (nSPS) is 11.1. The summed E-state index contributed by atoms with van der Waals surface area (Å²) < 4.78 is 5.28. The van der Waals surface area contributed by atoms with Crippen molar-refractivity contribution in [2.24, 2.45) is 0 Å². The Bertz CT molecular complexity index is 649. The molecule has 3 rings (SSSR count). The molecule has 3 heterocycles. The van der Waals surface area contributed by atoms with Gasteiger partial charge < -0.3 is 4.52 Å². The maximum atomic E-state index is 5.28. The average molecular weight is 274 g/mol. The van der Waals surface area contributed by atoms with Gasteiger partial charge in [0, 0.05) is 23.1 Å². The largest absolute Gasteiger partial charge is 0.339 e. The number of rotatable bonds is 4. The van der Waals surface area contributed by atoms with E-state index < -0.39 is 0 Å². The van der Waals surface area contributed by atoms with Gasteiger partial charge in [0.1, 0.15) is 0 Å². The summed E-state index contributed by atoms with van der Waals surface area (Å²) in [4.78, 5) is 4.41. The quantitative estimate of drug-likeness (QED) is 0.794. The summed E-state index contributed by atoms with van der Waals surface area (Å²) >= 11 is 1.62. The van der Waals surface area contributed by atoms with Gasteiger partial charge in [0.2, 0.25) is 11.7 Å². The van der Waals surface area contributed by atoms with Gasteiger partial charge in [-0.15, -0.1) is 0 Å². The molecular formula is C13H14N4OS. The van der Waals surface area contributed by atoms with Gasteiger partial charge in [0.05, 0.1) is 5.69 Å². The molecule has 19 heavy (non-hydrogen) atoms. The van der Waals surface area contributed by atoms with E-state index in [0.29, 0.717) is 11.7 Å². The smallest absolute Gasteiger partial charge is 0.227 e. The first-order valence-electron chi connectivity index (χ1n) is 6.09. The van der Waals surface area contributed by atoms with Crippen LogP contribution in [0.2, 0.25) is 0 Å². The minimum atomic E-state index is 0.664. The molecular weight excluding hydrogens is 260 g/mol. The Morgan fingerprint density at radius 3 is 2.89 bits per heavy atom. The van der Waals surface area contributed by atoms with Gasteiger partial charge in [-0.3, -0.25) is 5.10 Å². The molecule has 0 saturated carbocycles. The number of hydrogen-bond acceptors (Lipinski definition) is 5. The zero-order valence-corrected chi connectivity index (χ0v) is 11.6. The van der Waals surface area contributed by atoms with Crippen LogP contribution in [-0.4, -0.2) is 20.3 Å². The molecule has 98 valence electrons. The Labute approximate surface area is 114 Å². The lowest BCUT2D eigenvalue weighted by Crippen LogP contribution is -1.94. The van der Waals surface area contributed by atoms with Gasteiger partial charge >= 0.3 is 0 Å². The summed E-state index contributed by atoms with van der Waals surface area (Å²) in [7, 11) is 0. The van der Waals surface area contributed by atoms with Crippen molar-refractivity contribution in [1.29, 1.82) is 0 Å². The molecule has 0 aliphatic rings. The summed E-state index contributed by atoms with van der Waals surface area (Å²) in [6.07, 6.45) is 1.60. The van der Waals surface area contributed by atoms with Crippen molar-refractivity contribution in [1.82, 2.24) is 20.3 Å². The van der Waals surface area contributed by atoms with Gasteiger partial charge in [-0.1, -0.05) is 5.16 Å². The van der Waals surface area contributed by atoms with Crippen molar-refractivity contribution >= 4 is 11.3 Å². The van der Waals surface area contributed by atoms with Crippen LogP contribution in [0.4, 0.5) is 0 Å². The fraction of sp³-hybridized carbons (Fsp3) is 0.308. The van der Waals surface area contributed by atoms with Crippen LogP contribution in [0.15, 0.2) is 21.3 Å². The highest BCUT2D eigenvalue weighted by Gasteiger charge is 2.11. The monoisotopic (exact) mass is 274 g/mol. The highest BCUT2D eigenvalue weighted by Crippen LogP contribution is 2.19. The SMILES string of the molecule is Cc1n[nH]c(C)c1CCc1nc(-c2ccsc2)no1. The van der Waals surface area contributed by atoms with Crippen LogP contribution in [0.25, 0.3) is 11.4 Å². The summed E-state index contributed by atoms with van der Waals surface area (Å²) in [5.74, 6) is 1.33.